The van der Waals surface area contributed by atoms with E-state index in [-0.39, 0.29) is 0 Å². The number of benzene rings is 3. The molecule has 0 aliphatic carbocycles. The molecule has 5 aromatic rings. The number of hydrogen-bond donors (Lipinski definition) is 0. The van der Waals surface area contributed by atoms with Gasteiger partial charge in [-0.1, -0.05) is 48.5 Å². The van der Waals surface area contributed by atoms with E-state index in [9.17, 15) is 5.26 Å². The van der Waals surface area contributed by atoms with E-state index in [0.717, 1.165) is 16.6 Å². The molecule has 5 rings (SSSR count). The molecule has 0 amide bonds. The molecule has 2 aromatic heterocycles. The van der Waals surface area contributed by atoms with Crippen molar-refractivity contribution in [3.8, 4) is 28.5 Å². The van der Waals surface area contributed by atoms with Crippen LogP contribution < -0.4 is 4.57 Å². The van der Waals surface area contributed by atoms with Crippen LogP contribution in [0.1, 0.15) is 11.1 Å². The van der Waals surface area contributed by atoms with Crippen LogP contribution in [0, 0.1) is 18.3 Å². The summed E-state index contributed by atoms with van der Waals surface area (Å²) in [6, 6.07) is 27.4. The lowest BCUT2D eigenvalue weighted by Crippen LogP contribution is -2.30. The van der Waals surface area contributed by atoms with Crippen molar-refractivity contribution in [1.29, 1.82) is 5.26 Å². The molecule has 144 valence electrons. The summed E-state index contributed by atoms with van der Waals surface area (Å²) in [5, 5.41) is 12.2. The number of nitrogens with zero attached hydrogens (tertiary/aromatic N) is 3. The second-order valence-corrected chi connectivity index (χ2v) is 7.77. The van der Waals surface area contributed by atoms with Crippen LogP contribution in [0.2, 0.25) is 0 Å². The Kier molecular flexibility index (Phi) is 4.15. The third kappa shape index (κ3) is 2.54. The summed E-state index contributed by atoms with van der Waals surface area (Å²) in [6.45, 7) is 2.16. The number of hydrogen-bond acceptors (Lipinski definition) is 1. The fraction of sp³-hybridized carbons (Fsp3) is 0.111. The Morgan fingerprint density at radius 2 is 1.47 bits per heavy atom. The molecule has 30 heavy (non-hydrogen) atoms. The molecule has 2 heterocycles. The zero-order valence-corrected chi connectivity index (χ0v) is 17.3. The number of rotatable bonds is 2. The van der Waals surface area contributed by atoms with Crippen molar-refractivity contribution < 1.29 is 4.57 Å². The summed E-state index contributed by atoms with van der Waals surface area (Å²) >= 11 is 0. The predicted molar refractivity (Wildman–Crippen MR) is 122 cm³/mol. The van der Waals surface area contributed by atoms with Gasteiger partial charge in [-0.15, -0.1) is 0 Å². The van der Waals surface area contributed by atoms with Crippen LogP contribution in [-0.4, -0.2) is 4.57 Å². The van der Waals surface area contributed by atoms with Crippen LogP contribution in [0.3, 0.4) is 0 Å². The van der Waals surface area contributed by atoms with Crippen molar-refractivity contribution in [2.24, 2.45) is 14.1 Å². The molecule has 0 aliphatic heterocycles. The van der Waals surface area contributed by atoms with E-state index < -0.39 is 0 Å². The molecule has 0 radical (unpaired) electrons. The average Bonchev–Trinajstić information content (AvgIpc) is 3.06. The summed E-state index contributed by atoms with van der Waals surface area (Å²) in [5.41, 5.74) is 8.68. The first-order valence-electron chi connectivity index (χ1n) is 10.1. The molecular weight excluding hydrogens is 366 g/mol. The number of aryl methyl sites for hydroxylation is 3. The minimum atomic E-state index is 0.697. The molecule has 0 aliphatic rings. The monoisotopic (exact) mass is 388 g/mol. The number of aromatic nitrogens is 2. The van der Waals surface area contributed by atoms with Crippen molar-refractivity contribution in [3.63, 3.8) is 0 Å². The Hall–Kier alpha value is -3.90. The van der Waals surface area contributed by atoms with Crippen molar-refractivity contribution in [2.45, 2.75) is 6.92 Å². The average molecular weight is 388 g/mol. The summed E-state index contributed by atoms with van der Waals surface area (Å²) in [6.07, 6.45) is 2.08. The molecule has 0 unspecified atom stereocenters. The Morgan fingerprint density at radius 1 is 0.800 bits per heavy atom. The number of fused-ring (bicyclic) bond motifs is 3. The lowest BCUT2D eigenvalue weighted by molar-refractivity contribution is -0.660. The third-order valence-corrected chi connectivity index (χ3v) is 6.02. The van der Waals surface area contributed by atoms with Gasteiger partial charge in [0, 0.05) is 35.5 Å². The summed E-state index contributed by atoms with van der Waals surface area (Å²) < 4.78 is 4.43. The maximum Gasteiger partial charge on any atom is 0.214 e. The molecule has 3 heteroatoms. The maximum absolute atomic E-state index is 9.86. The van der Waals surface area contributed by atoms with Crippen LogP contribution in [-0.2, 0) is 14.1 Å². The maximum atomic E-state index is 9.86. The topological polar surface area (TPSA) is 32.6 Å². The lowest BCUT2D eigenvalue weighted by Gasteiger charge is -2.11. The highest BCUT2D eigenvalue weighted by atomic mass is 15.0. The van der Waals surface area contributed by atoms with Gasteiger partial charge in [-0.2, -0.15) is 5.26 Å². The number of pyridine rings is 1. The van der Waals surface area contributed by atoms with Gasteiger partial charge in [0.15, 0.2) is 6.20 Å². The second-order valence-electron chi connectivity index (χ2n) is 7.77. The largest absolute Gasteiger partial charge is 0.342 e. The molecular formula is C27H22N3+. The molecule has 0 spiro atoms. The summed E-state index contributed by atoms with van der Waals surface area (Å²) in [4.78, 5) is 0. The second kappa shape index (κ2) is 6.86. The molecule has 3 nitrogen and oxygen atoms in total. The van der Waals surface area contributed by atoms with Crippen LogP contribution in [0.4, 0.5) is 0 Å². The van der Waals surface area contributed by atoms with E-state index in [1.165, 1.54) is 33.1 Å². The van der Waals surface area contributed by atoms with Gasteiger partial charge in [-0.3, -0.25) is 0 Å². The highest BCUT2D eigenvalue weighted by Crippen LogP contribution is 2.41. The van der Waals surface area contributed by atoms with Gasteiger partial charge in [-0.25, -0.2) is 4.57 Å². The normalized spacial score (nSPS) is 11.1. The van der Waals surface area contributed by atoms with E-state index in [1.807, 2.05) is 30.3 Å². The van der Waals surface area contributed by atoms with E-state index in [0.29, 0.717) is 5.56 Å². The van der Waals surface area contributed by atoms with Crippen molar-refractivity contribution in [2.75, 3.05) is 0 Å². The molecule has 0 saturated heterocycles. The molecule has 3 aromatic carbocycles. The van der Waals surface area contributed by atoms with Crippen molar-refractivity contribution in [1.82, 2.24) is 4.57 Å². The van der Waals surface area contributed by atoms with Crippen LogP contribution in [0.15, 0.2) is 79.0 Å². The first-order chi connectivity index (χ1) is 14.6. The minimum Gasteiger partial charge on any atom is -0.342 e. The van der Waals surface area contributed by atoms with Gasteiger partial charge >= 0.3 is 0 Å². The highest BCUT2D eigenvalue weighted by molar-refractivity contribution is 6.16. The summed E-state index contributed by atoms with van der Waals surface area (Å²) in [7, 11) is 4.20. The van der Waals surface area contributed by atoms with Crippen LogP contribution >= 0.6 is 0 Å². The van der Waals surface area contributed by atoms with E-state index in [4.69, 9.17) is 0 Å². The smallest absolute Gasteiger partial charge is 0.214 e. The SMILES string of the molecule is Cc1ccc2c3ccc(C#N)c(-c4ccccc4)c3n(C)c2c1-c1cccc[n+]1C. The fourth-order valence-electron chi connectivity index (χ4n) is 4.62. The quantitative estimate of drug-likeness (QED) is 0.359. The Bertz CT molecular complexity index is 1470. The van der Waals surface area contributed by atoms with E-state index >= 15 is 0 Å². The molecule has 0 fully saturated rings. The zero-order valence-electron chi connectivity index (χ0n) is 17.3. The zero-order chi connectivity index (χ0) is 20.8. The first-order valence-corrected chi connectivity index (χ1v) is 10.1. The number of nitriles is 1. The molecule has 0 bridgehead atoms. The fourth-order valence-corrected chi connectivity index (χ4v) is 4.62. The predicted octanol–water partition coefficient (Wildman–Crippen LogP) is 5.67. The van der Waals surface area contributed by atoms with Gasteiger partial charge in [0.25, 0.3) is 0 Å². The van der Waals surface area contributed by atoms with Gasteiger partial charge in [0.05, 0.1) is 28.2 Å². The van der Waals surface area contributed by atoms with Crippen molar-refractivity contribution in [3.05, 3.63) is 90.1 Å². The van der Waals surface area contributed by atoms with Gasteiger partial charge in [0.2, 0.25) is 5.69 Å². The lowest BCUT2D eigenvalue weighted by atomic mass is 9.96. The van der Waals surface area contributed by atoms with Gasteiger partial charge < -0.3 is 4.57 Å². The van der Waals surface area contributed by atoms with E-state index in [2.05, 4.69) is 84.9 Å². The first kappa shape index (κ1) is 18.1. The Morgan fingerprint density at radius 3 is 2.17 bits per heavy atom. The van der Waals surface area contributed by atoms with Crippen LogP contribution in [0.5, 0.6) is 0 Å². The minimum absolute atomic E-state index is 0.697. The highest BCUT2D eigenvalue weighted by Gasteiger charge is 2.22. The van der Waals surface area contributed by atoms with Gasteiger partial charge in [0.1, 0.15) is 7.05 Å². The third-order valence-electron chi connectivity index (χ3n) is 6.02. The Labute approximate surface area is 176 Å². The van der Waals surface area contributed by atoms with Crippen molar-refractivity contribution >= 4 is 21.8 Å². The van der Waals surface area contributed by atoms with Gasteiger partial charge in [-0.05, 0) is 30.2 Å². The van der Waals surface area contributed by atoms with Crippen LogP contribution in [0.25, 0.3) is 44.2 Å². The van der Waals surface area contributed by atoms with E-state index in [1.54, 1.807) is 0 Å². The molecule has 0 saturated carbocycles. The summed E-state index contributed by atoms with van der Waals surface area (Å²) in [5.74, 6) is 0. The molecule has 0 atom stereocenters. The molecule has 0 N–H and O–H groups in total. The Balaban J connectivity index is 2.00. The standard InChI is InChI=1S/C27H22N3/c1-18-12-14-21-22-15-13-20(17-28)25(19-9-5-4-6-10-19)27(22)30(3)26(21)24(18)23-11-7-8-16-29(23)2/h4-16H,1-3H3/q+1.